The molecule has 0 aliphatic heterocycles. The minimum absolute atomic E-state index is 0.193. The van der Waals surface area contributed by atoms with Gasteiger partial charge in [0.1, 0.15) is 5.54 Å². The van der Waals surface area contributed by atoms with Crippen LogP contribution >= 0.6 is 0 Å². The lowest BCUT2D eigenvalue weighted by Crippen LogP contribution is -2.57. The maximum Gasteiger partial charge on any atom is 0.329 e. The fourth-order valence-electron chi connectivity index (χ4n) is 3.14. The summed E-state index contributed by atoms with van der Waals surface area (Å²) >= 11 is 0. The van der Waals surface area contributed by atoms with E-state index in [1.165, 1.54) is 5.56 Å². The number of benzene rings is 1. The van der Waals surface area contributed by atoms with Gasteiger partial charge in [0, 0.05) is 6.42 Å². The average molecular weight is 346 g/mol. The van der Waals surface area contributed by atoms with Gasteiger partial charge in [-0.05, 0) is 31.7 Å². The van der Waals surface area contributed by atoms with E-state index in [1.54, 1.807) is 0 Å². The van der Waals surface area contributed by atoms with E-state index < -0.39 is 17.4 Å². The molecule has 2 rings (SSSR count). The van der Waals surface area contributed by atoms with Gasteiger partial charge in [-0.25, -0.2) is 4.79 Å². The molecule has 0 unspecified atom stereocenters. The third-order valence-electron chi connectivity index (χ3n) is 4.70. The zero-order valence-electron chi connectivity index (χ0n) is 14.6. The number of carbonyl (C=O) groups is 3. The Bertz CT molecular complexity index is 619. The van der Waals surface area contributed by atoms with Crippen LogP contribution in [0.3, 0.4) is 0 Å². The van der Waals surface area contributed by atoms with Gasteiger partial charge in [0.05, 0.1) is 6.54 Å². The first-order chi connectivity index (χ1) is 11.9. The van der Waals surface area contributed by atoms with Crippen molar-refractivity contribution < 1.29 is 19.5 Å². The number of carboxylic acid groups (broad SMARTS) is 1. The van der Waals surface area contributed by atoms with Crippen LogP contribution in [0.25, 0.3) is 0 Å². The summed E-state index contributed by atoms with van der Waals surface area (Å²) in [7, 11) is 0. The summed E-state index contributed by atoms with van der Waals surface area (Å²) in [5.41, 5.74) is 1.05. The summed E-state index contributed by atoms with van der Waals surface area (Å²) in [5.74, 6) is -1.66. The van der Waals surface area contributed by atoms with Crippen LogP contribution < -0.4 is 10.6 Å². The number of carboxylic acids is 1. The highest BCUT2D eigenvalue weighted by Crippen LogP contribution is 2.28. The summed E-state index contributed by atoms with van der Waals surface area (Å²) < 4.78 is 0. The number of rotatable bonds is 7. The van der Waals surface area contributed by atoms with Gasteiger partial charge in [0.25, 0.3) is 0 Å². The summed E-state index contributed by atoms with van der Waals surface area (Å²) in [6, 6.07) is 7.95. The fraction of sp³-hybridized carbons (Fsp3) is 0.526. The van der Waals surface area contributed by atoms with Gasteiger partial charge in [-0.2, -0.15) is 0 Å². The molecule has 0 atom stereocenters. The number of nitrogens with one attached hydrogen (secondary N) is 2. The molecule has 0 saturated heterocycles. The number of amides is 2. The second-order valence-corrected chi connectivity index (χ2v) is 6.76. The first kappa shape index (κ1) is 19.0. The molecule has 1 aromatic carbocycles. The van der Waals surface area contributed by atoms with Gasteiger partial charge in [0.15, 0.2) is 0 Å². The maximum absolute atomic E-state index is 12.0. The monoisotopic (exact) mass is 346 g/mol. The molecule has 0 aromatic heterocycles. The number of aliphatic carboxylic acids is 1. The van der Waals surface area contributed by atoms with E-state index >= 15 is 0 Å². The van der Waals surface area contributed by atoms with Crippen LogP contribution in [0.15, 0.2) is 24.3 Å². The number of aryl methyl sites for hydroxylation is 2. The largest absolute Gasteiger partial charge is 0.480 e. The standard InChI is InChI=1S/C19H26N2O4/c1-14-5-7-15(8-6-14)9-10-16(22)20-13-17(23)21-19(18(24)25)11-3-2-4-12-19/h5-8H,2-4,9-13H2,1H3,(H,20,22)(H,21,23)(H,24,25). The molecule has 2 amide bonds. The van der Waals surface area contributed by atoms with E-state index in [4.69, 9.17) is 0 Å². The van der Waals surface area contributed by atoms with Crippen LogP contribution in [0, 0.1) is 6.92 Å². The van der Waals surface area contributed by atoms with Crippen molar-refractivity contribution in [3.8, 4) is 0 Å². The normalized spacial score (nSPS) is 16.0. The second-order valence-electron chi connectivity index (χ2n) is 6.76. The molecular weight excluding hydrogens is 320 g/mol. The minimum Gasteiger partial charge on any atom is -0.480 e. The van der Waals surface area contributed by atoms with Crippen molar-refractivity contribution in [2.24, 2.45) is 0 Å². The average Bonchev–Trinajstić information content (AvgIpc) is 2.60. The molecule has 6 nitrogen and oxygen atoms in total. The van der Waals surface area contributed by atoms with Crippen molar-refractivity contribution in [3.05, 3.63) is 35.4 Å². The van der Waals surface area contributed by atoms with Gasteiger partial charge < -0.3 is 15.7 Å². The van der Waals surface area contributed by atoms with E-state index in [0.29, 0.717) is 25.7 Å². The van der Waals surface area contributed by atoms with Crippen molar-refractivity contribution in [3.63, 3.8) is 0 Å². The van der Waals surface area contributed by atoms with Crippen molar-refractivity contribution in [2.45, 2.75) is 57.4 Å². The first-order valence-corrected chi connectivity index (χ1v) is 8.78. The SMILES string of the molecule is Cc1ccc(CCC(=O)NCC(=O)NC2(C(=O)O)CCCCC2)cc1. The number of hydrogen-bond donors (Lipinski definition) is 3. The lowest BCUT2D eigenvalue weighted by molar-refractivity contribution is -0.149. The number of hydrogen-bond acceptors (Lipinski definition) is 3. The Labute approximate surface area is 148 Å². The predicted octanol–water partition coefficient (Wildman–Crippen LogP) is 1.95. The van der Waals surface area contributed by atoms with Gasteiger partial charge >= 0.3 is 5.97 Å². The maximum atomic E-state index is 12.0. The Morgan fingerprint density at radius 3 is 2.28 bits per heavy atom. The highest BCUT2D eigenvalue weighted by atomic mass is 16.4. The van der Waals surface area contributed by atoms with Crippen molar-refractivity contribution in [1.29, 1.82) is 0 Å². The molecule has 6 heteroatoms. The Hall–Kier alpha value is -2.37. The molecule has 1 fully saturated rings. The zero-order valence-corrected chi connectivity index (χ0v) is 14.6. The van der Waals surface area contributed by atoms with E-state index in [-0.39, 0.29) is 12.5 Å². The molecular formula is C19H26N2O4. The van der Waals surface area contributed by atoms with Crippen molar-refractivity contribution >= 4 is 17.8 Å². The molecule has 136 valence electrons. The smallest absolute Gasteiger partial charge is 0.329 e. The molecule has 1 aliphatic carbocycles. The minimum atomic E-state index is -1.18. The molecule has 0 bridgehead atoms. The lowest BCUT2D eigenvalue weighted by atomic mass is 9.81. The first-order valence-electron chi connectivity index (χ1n) is 8.78. The van der Waals surface area contributed by atoms with Gasteiger partial charge in [0.2, 0.25) is 11.8 Å². The van der Waals surface area contributed by atoms with Gasteiger partial charge in [-0.1, -0.05) is 49.1 Å². The molecule has 0 radical (unpaired) electrons. The molecule has 1 aliphatic rings. The van der Waals surface area contributed by atoms with E-state index in [2.05, 4.69) is 10.6 Å². The van der Waals surface area contributed by atoms with Crippen LogP contribution in [0.5, 0.6) is 0 Å². The Balaban J connectivity index is 1.75. The highest BCUT2D eigenvalue weighted by Gasteiger charge is 2.40. The van der Waals surface area contributed by atoms with Crippen LogP contribution in [0.4, 0.5) is 0 Å². The summed E-state index contributed by atoms with van der Waals surface area (Å²) in [6.07, 6.45) is 4.34. The van der Waals surface area contributed by atoms with Crippen molar-refractivity contribution in [2.75, 3.05) is 6.54 Å². The zero-order chi connectivity index (χ0) is 18.3. The van der Waals surface area contributed by atoms with E-state index in [0.717, 1.165) is 24.8 Å². The number of carbonyl (C=O) groups excluding carboxylic acids is 2. The molecule has 25 heavy (non-hydrogen) atoms. The Morgan fingerprint density at radius 2 is 1.68 bits per heavy atom. The third kappa shape index (κ3) is 5.59. The third-order valence-corrected chi connectivity index (χ3v) is 4.70. The Kier molecular flexibility index (Phi) is 6.56. The second kappa shape index (κ2) is 8.65. The van der Waals surface area contributed by atoms with Crippen LogP contribution in [-0.4, -0.2) is 35.0 Å². The van der Waals surface area contributed by atoms with E-state index in [9.17, 15) is 19.5 Å². The molecule has 0 heterocycles. The Morgan fingerprint density at radius 1 is 1.04 bits per heavy atom. The summed E-state index contributed by atoms with van der Waals surface area (Å²) in [4.78, 5) is 35.5. The summed E-state index contributed by atoms with van der Waals surface area (Å²) in [6.45, 7) is 1.81. The highest BCUT2D eigenvalue weighted by molar-refractivity contribution is 5.90. The molecule has 3 N–H and O–H groups in total. The predicted molar refractivity (Wildman–Crippen MR) is 94.1 cm³/mol. The summed E-state index contributed by atoms with van der Waals surface area (Å²) in [5, 5.41) is 14.6. The van der Waals surface area contributed by atoms with Gasteiger partial charge in [-0.3, -0.25) is 9.59 Å². The van der Waals surface area contributed by atoms with Gasteiger partial charge in [-0.15, -0.1) is 0 Å². The topological polar surface area (TPSA) is 95.5 Å². The lowest BCUT2D eigenvalue weighted by Gasteiger charge is -2.33. The van der Waals surface area contributed by atoms with Crippen LogP contribution in [0.1, 0.15) is 49.7 Å². The van der Waals surface area contributed by atoms with Crippen LogP contribution in [-0.2, 0) is 20.8 Å². The van der Waals surface area contributed by atoms with E-state index in [1.807, 2.05) is 31.2 Å². The fourth-order valence-corrected chi connectivity index (χ4v) is 3.14. The molecule has 0 spiro atoms. The van der Waals surface area contributed by atoms with Crippen LogP contribution in [0.2, 0.25) is 0 Å². The quantitative estimate of drug-likeness (QED) is 0.703. The molecule has 1 aromatic rings. The van der Waals surface area contributed by atoms with Crippen molar-refractivity contribution in [1.82, 2.24) is 10.6 Å². The molecule has 1 saturated carbocycles.